The minimum Gasteiger partial charge on any atom is -0.327 e. The van der Waals surface area contributed by atoms with Crippen LogP contribution in [-0.2, 0) is 0 Å². The molecular weight excluding hydrogens is 158 g/mol. The molecule has 0 aliphatic heterocycles. The van der Waals surface area contributed by atoms with Crippen molar-refractivity contribution < 1.29 is 0 Å². The number of hydrogen-bond donors (Lipinski definition) is 1. The molecule has 0 heterocycles. The Morgan fingerprint density at radius 1 is 1.15 bits per heavy atom. The van der Waals surface area contributed by atoms with Crippen molar-refractivity contribution in [2.75, 3.05) is 0 Å². The first-order valence-electron chi connectivity index (χ1n) is 6.03. The molecular formula is C12H25N. The van der Waals surface area contributed by atoms with Crippen LogP contribution in [0.4, 0.5) is 0 Å². The molecule has 13 heavy (non-hydrogen) atoms. The van der Waals surface area contributed by atoms with Crippen molar-refractivity contribution in [1.82, 2.24) is 0 Å². The first kappa shape index (κ1) is 11.0. The van der Waals surface area contributed by atoms with Crippen molar-refractivity contribution in [2.45, 2.75) is 64.8 Å². The molecule has 0 saturated heterocycles. The highest BCUT2D eigenvalue weighted by atomic mass is 14.6. The molecule has 0 bridgehead atoms. The molecule has 1 aliphatic carbocycles. The molecule has 0 aromatic heterocycles. The van der Waals surface area contributed by atoms with E-state index in [1.807, 2.05) is 0 Å². The van der Waals surface area contributed by atoms with Gasteiger partial charge in [-0.2, -0.15) is 0 Å². The van der Waals surface area contributed by atoms with Crippen molar-refractivity contribution in [3.63, 3.8) is 0 Å². The van der Waals surface area contributed by atoms with Crippen LogP contribution in [0, 0.1) is 11.8 Å². The second-order valence-electron chi connectivity index (χ2n) is 4.64. The molecule has 1 rings (SSSR count). The van der Waals surface area contributed by atoms with Crippen LogP contribution in [0.1, 0.15) is 58.8 Å². The van der Waals surface area contributed by atoms with E-state index in [0.29, 0.717) is 6.04 Å². The second kappa shape index (κ2) is 5.64. The van der Waals surface area contributed by atoms with Gasteiger partial charge in [-0.25, -0.2) is 0 Å². The van der Waals surface area contributed by atoms with Crippen LogP contribution < -0.4 is 5.73 Å². The van der Waals surface area contributed by atoms with Crippen molar-refractivity contribution in [1.29, 1.82) is 0 Å². The largest absolute Gasteiger partial charge is 0.327 e. The van der Waals surface area contributed by atoms with E-state index in [1.165, 1.54) is 44.9 Å². The van der Waals surface area contributed by atoms with Gasteiger partial charge in [0.1, 0.15) is 0 Å². The molecule has 78 valence electrons. The Bertz CT molecular complexity index is 125. The summed E-state index contributed by atoms with van der Waals surface area (Å²) in [6.45, 7) is 4.55. The zero-order chi connectivity index (χ0) is 9.68. The summed E-state index contributed by atoms with van der Waals surface area (Å²) < 4.78 is 0. The fraction of sp³-hybridized carbons (Fsp3) is 1.00. The molecule has 1 fully saturated rings. The maximum Gasteiger partial charge on any atom is 0.00670 e. The normalized spacial score (nSPS) is 31.6. The average molecular weight is 183 g/mol. The van der Waals surface area contributed by atoms with E-state index in [4.69, 9.17) is 5.73 Å². The molecule has 1 atom stereocenters. The van der Waals surface area contributed by atoms with Crippen molar-refractivity contribution in [2.24, 2.45) is 17.6 Å². The highest BCUT2D eigenvalue weighted by molar-refractivity contribution is 4.79. The topological polar surface area (TPSA) is 26.0 Å². The molecule has 1 saturated carbocycles. The average Bonchev–Trinajstić information content (AvgIpc) is 2.18. The van der Waals surface area contributed by atoms with E-state index in [9.17, 15) is 0 Å². The zero-order valence-electron chi connectivity index (χ0n) is 9.26. The molecule has 1 nitrogen and oxygen atoms in total. The van der Waals surface area contributed by atoms with Crippen molar-refractivity contribution in [3.05, 3.63) is 0 Å². The molecule has 2 N–H and O–H groups in total. The molecule has 1 aliphatic rings. The quantitative estimate of drug-likeness (QED) is 0.711. The molecule has 0 spiro atoms. The number of hydrogen-bond acceptors (Lipinski definition) is 1. The predicted octanol–water partition coefficient (Wildman–Crippen LogP) is 3.33. The Labute approximate surface area is 83.1 Å². The second-order valence-corrected chi connectivity index (χ2v) is 4.64. The summed E-state index contributed by atoms with van der Waals surface area (Å²) in [5.41, 5.74) is 6.15. The molecule has 0 aromatic rings. The summed E-state index contributed by atoms with van der Waals surface area (Å²) >= 11 is 0. The van der Waals surface area contributed by atoms with Gasteiger partial charge in [0.05, 0.1) is 0 Å². The number of rotatable bonds is 4. The van der Waals surface area contributed by atoms with Crippen LogP contribution in [-0.4, -0.2) is 6.04 Å². The minimum atomic E-state index is 0.489. The Morgan fingerprint density at radius 3 is 2.23 bits per heavy atom. The lowest BCUT2D eigenvalue weighted by atomic mass is 9.77. The Kier molecular flexibility index (Phi) is 4.79. The summed E-state index contributed by atoms with van der Waals surface area (Å²) in [6.07, 6.45) is 9.47. The van der Waals surface area contributed by atoms with E-state index in [2.05, 4.69) is 13.8 Å². The van der Waals surface area contributed by atoms with Gasteiger partial charge in [-0.3, -0.25) is 0 Å². The third kappa shape index (κ3) is 3.30. The van der Waals surface area contributed by atoms with E-state index in [1.54, 1.807) is 0 Å². The fourth-order valence-electron chi connectivity index (χ4n) is 2.59. The molecule has 0 aromatic carbocycles. The minimum absolute atomic E-state index is 0.489. The molecule has 0 amide bonds. The Balaban J connectivity index is 2.23. The lowest BCUT2D eigenvalue weighted by molar-refractivity contribution is 0.232. The van der Waals surface area contributed by atoms with E-state index in [0.717, 1.165) is 11.8 Å². The van der Waals surface area contributed by atoms with Crippen LogP contribution in [0.3, 0.4) is 0 Å². The van der Waals surface area contributed by atoms with E-state index >= 15 is 0 Å². The van der Waals surface area contributed by atoms with Gasteiger partial charge in [-0.05, 0) is 31.1 Å². The summed E-state index contributed by atoms with van der Waals surface area (Å²) in [6, 6.07) is 0.489. The third-order valence-corrected chi connectivity index (χ3v) is 3.70. The Hall–Kier alpha value is -0.0400. The highest BCUT2D eigenvalue weighted by Crippen LogP contribution is 2.32. The first-order chi connectivity index (χ1) is 6.27. The van der Waals surface area contributed by atoms with Gasteiger partial charge in [-0.1, -0.05) is 39.5 Å². The third-order valence-electron chi connectivity index (χ3n) is 3.70. The van der Waals surface area contributed by atoms with E-state index in [-0.39, 0.29) is 0 Å². The van der Waals surface area contributed by atoms with Gasteiger partial charge in [0.15, 0.2) is 0 Å². The van der Waals surface area contributed by atoms with Crippen molar-refractivity contribution >= 4 is 0 Å². The zero-order valence-corrected chi connectivity index (χ0v) is 9.26. The molecule has 0 radical (unpaired) electrons. The van der Waals surface area contributed by atoms with Crippen LogP contribution in [0.15, 0.2) is 0 Å². The summed E-state index contributed by atoms with van der Waals surface area (Å²) in [7, 11) is 0. The van der Waals surface area contributed by atoms with Crippen LogP contribution >= 0.6 is 0 Å². The smallest absolute Gasteiger partial charge is 0.00670 e. The van der Waals surface area contributed by atoms with E-state index < -0.39 is 0 Å². The Morgan fingerprint density at radius 2 is 1.77 bits per heavy atom. The SMILES string of the molecule is CCC[C@@H](N)C1CCC(CC)CC1. The lowest BCUT2D eigenvalue weighted by Gasteiger charge is -2.31. The van der Waals surface area contributed by atoms with Gasteiger partial charge < -0.3 is 5.73 Å². The predicted molar refractivity (Wildman–Crippen MR) is 58.6 cm³/mol. The maximum atomic E-state index is 6.15. The van der Waals surface area contributed by atoms with Crippen LogP contribution in [0.25, 0.3) is 0 Å². The van der Waals surface area contributed by atoms with Gasteiger partial charge in [0, 0.05) is 6.04 Å². The van der Waals surface area contributed by atoms with Gasteiger partial charge in [0.2, 0.25) is 0 Å². The van der Waals surface area contributed by atoms with Gasteiger partial charge in [0.25, 0.3) is 0 Å². The van der Waals surface area contributed by atoms with Crippen LogP contribution in [0.5, 0.6) is 0 Å². The molecule has 0 unspecified atom stereocenters. The number of nitrogens with two attached hydrogens (primary N) is 1. The summed E-state index contributed by atoms with van der Waals surface area (Å²) in [5.74, 6) is 1.84. The fourth-order valence-corrected chi connectivity index (χ4v) is 2.59. The monoisotopic (exact) mass is 183 g/mol. The van der Waals surface area contributed by atoms with Crippen LogP contribution in [0.2, 0.25) is 0 Å². The van der Waals surface area contributed by atoms with Gasteiger partial charge >= 0.3 is 0 Å². The molecule has 1 heteroatoms. The summed E-state index contributed by atoms with van der Waals surface area (Å²) in [4.78, 5) is 0. The highest BCUT2D eigenvalue weighted by Gasteiger charge is 2.23. The van der Waals surface area contributed by atoms with Crippen molar-refractivity contribution in [3.8, 4) is 0 Å². The maximum absolute atomic E-state index is 6.15. The lowest BCUT2D eigenvalue weighted by Crippen LogP contribution is -2.32. The standard InChI is InChI=1S/C12H25N/c1-3-5-12(13)11-8-6-10(4-2)7-9-11/h10-12H,3-9,13H2,1-2H3/t10?,11?,12-/m1/s1. The summed E-state index contributed by atoms with van der Waals surface area (Å²) in [5, 5.41) is 0. The van der Waals surface area contributed by atoms with Gasteiger partial charge in [-0.15, -0.1) is 0 Å². The first-order valence-corrected chi connectivity index (χ1v) is 6.03.